The van der Waals surface area contributed by atoms with Crippen LogP contribution in [0.5, 0.6) is 5.75 Å². The van der Waals surface area contributed by atoms with Crippen molar-refractivity contribution in [3.63, 3.8) is 0 Å². The molecule has 4 rings (SSSR count). The monoisotopic (exact) mass is 333 g/mol. The molecule has 1 unspecified atom stereocenters. The number of aromatic nitrogens is 4. The van der Waals surface area contributed by atoms with Crippen LogP contribution < -0.4 is 0 Å². The van der Waals surface area contributed by atoms with Crippen LogP contribution in [0.15, 0.2) is 60.9 Å². The summed E-state index contributed by atoms with van der Waals surface area (Å²) in [7, 11) is 2.09. The second-order valence-electron chi connectivity index (χ2n) is 6.13. The van der Waals surface area contributed by atoms with E-state index >= 15 is 0 Å². The molecule has 0 aliphatic carbocycles. The van der Waals surface area contributed by atoms with Gasteiger partial charge in [0.05, 0.1) is 28.7 Å². The second-order valence-corrected chi connectivity index (χ2v) is 6.13. The van der Waals surface area contributed by atoms with Crippen molar-refractivity contribution in [2.75, 3.05) is 13.6 Å². The maximum Gasteiger partial charge on any atom is 0.127 e. The Balaban J connectivity index is 1.73. The first-order chi connectivity index (χ1) is 12.2. The lowest BCUT2D eigenvalue weighted by molar-refractivity contribution is 0.254. The highest BCUT2D eigenvalue weighted by Gasteiger charge is 2.20. The Labute approximate surface area is 146 Å². The molecule has 1 aliphatic rings. The van der Waals surface area contributed by atoms with Crippen LogP contribution in [0.4, 0.5) is 0 Å². The molecule has 126 valence electrons. The van der Waals surface area contributed by atoms with E-state index < -0.39 is 0 Å². The highest BCUT2D eigenvalue weighted by molar-refractivity contribution is 5.75. The number of hydrogen-bond acceptors (Lipinski definition) is 5. The van der Waals surface area contributed by atoms with E-state index in [0.717, 1.165) is 24.3 Å². The first-order valence-electron chi connectivity index (χ1n) is 8.25. The molecule has 0 saturated heterocycles. The zero-order chi connectivity index (χ0) is 17.2. The summed E-state index contributed by atoms with van der Waals surface area (Å²) in [5.74, 6) is 0.160. The SMILES string of the molecule is CN1CC=CCC1c1ccc(-c2c(O)cccc2-n2cccn2)nn1. The maximum absolute atomic E-state index is 10.4. The van der Waals surface area contributed by atoms with Crippen LogP contribution in [-0.4, -0.2) is 43.6 Å². The molecule has 2 aromatic heterocycles. The van der Waals surface area contributed by atoms with Crippen molar-refractivity contribution in [1.82, 2.24) is 24.9 Å². The van der Waals surface area contributed by atoms with Gasteiger partial charge >= 0.3 is 0 Å². The molecular weight excluding hydrogens is 314 g/mol. The predicted octanol–water partition coefficient (Wildman–Crippen LogP) is 2.97. The summed E-state index contributed by atoms with van der Waals surface area (Å²) < 4.78 is 1.71. The largest absolute Gasteiger partial charge is 0.507 e. The molecule has 0 spiro atoms. The number of nitrogens with zero attached hydrogens (tertiary/aromatic N) is 5. The predicted molar refractivity (Wildman–Crippen MR) is 95.4 cm³/mol. The van der Waals surface area contributed by atoms with Crippen molar-refractivity contribution in [2.24, 2.45) is 0 Å². The lowest BCUT2D eigenvalue weighted by Gasteiger charge is -2.28. The number of likely N-dealkylation sites (N-methyl/N-ethyl adjacent to an activating group) is 1. The van der Waals surface area contributed by atoms with Gasteiger partial charge in [-0.15, -0.1) is 5.10 Å². The van der Waals surface area contributed by atoms with E-state index in [0.29, 0.717) is 11.3 Å². The third-order valence-electron chi connectivity index (χ3n) is 4.51. The average molecular weight is 333 g/mol. The van der Waals surface area contributed by atoms with Crippen LogP contribution >= 0.6 is 0 Å². The van der Waals surface area contributed by atoms with E-state index in [2.05, 4.69) is 39.4 Å². The molecular formula is C19H19N5O. The third kappa shape index (κ3) is 2.92. The fourth-order valence-electron chi connectivity index (χ4n) is 3.17. The van der Waals surface area contributed by atoms with Crippen molar-refractivity contribution in [3.8, 4) is 22.7 Å². The minimum atomic E-state index is 0.160. The fraction of sp³-hybridized carbons (Fsp3) is 0.211. The van der Waals surface area contributed by atoms with Gasteiger partial charge in [-0.3, -0.25) is 4.90 Å². The lowest BCUT2D eigenvalue weighted by atomic mass is 10.0. The number of phenols is 1. The summed E-state index contributed by atoms with van der Waals surface area (Å²) in [5, 5.41) is 23.4. The van der Waals surface area contributed by atoms with Crippen LogP contribution in [-0.2, 0) is 0 Å². The van der Waals surface area contributed by atoms with Gasteiger partial charge in [0.2, 0.25) is 0 Å². The Hall–Kier alpha value is -2.99. The topological polar surface area (TPSA) is 67.1 Å². The Morgan fingerprint density at radius 3 is 2.72 bits per heavy atom. The van der Waals surface area contributed by atoms with Gasteiger partial charge in [0, 0.05) is 18.9 Å². The van der Waals surface area contributed by atoms with Crippen molar-refractivity contribution in [1.29, 1.82) is 0 Å². The molecule has 0 bridgehead atoms. The summed E-state index contributed by atoms with van der Waals surface area (Å²) in [5.41, 5.74) is 2.96. The Kier molecular flexibility index (Phi) is 4.03. The zero-order valence-corrected chi connectivity index (χ0v) is 13.9. The minimum Gasteiger partial charge on any atom is -0.507 e. The summed E-state index contributed by atoms with van der Waals surface area (Å²) in [6.45, 7) is 0.914. The normalized spacial score (nSPS) is 17.7. The smallest absolute Gasteiger partial charge is 0.127 e. The van der Waals surface area contributed by atoms with E-state index in [9.17, 15) is 5.11 Å². The maximum atomic E-state index is 10.4. The molecule has 0 radical (unpaired) electrons. The molecule has 1 atom stereocenters. The molecule has 3 heterocycles. The van der Waals surface area contributed by atoms with Crippen LogP contribution in [0, 0.1) is 0 Å². The van der Waals surface area contributed by atoms with Crippen molar-refractivity contribution in [2.45, 2.75) is 12.5 Å². The second kappa shape index (κ2) is 6.49. The van der Waals surface area contributed by atoms with Crippen molar-refractivity contribution in [3.05, 3.63) is 66.6 Å². The van der Waals surface area contributed by atoms with E-state index in [4.69, 9.17) is 0 Å². The molecule has 1 N–H and O–H groups in total. The van der Waals surface area contributed by atoms with Gasteiger partial charge in [-0.2, -0.15) is 10.2 Å². The standard InChI is InChI=1S/C19H19N5O/c1-23-12-3-2-6-16(23)14-9-10-15(22-21-14)19-17(7-4-8-18(19)25)24-13-5-11-20-24/h2-5,7-11,13,16,25H,6,12H2,1H3. The first kappa shape index (κ1) is 15.5. The molecule has 1 aromatic carbocycles. The Morgan fingerprint density at radius 2 is 2.00 bits per heavy atom. The summed E-state index contributed by atoms with van der Waals surface area (Å²) in [6.07, 6.45) is 8.81. The van der Waals surface area contributed by atoms with Gasteiger partial charge in [0.15, 0.2) is 0 Å². The van der Waals surface area contributed by atoms with Gasteiger partial charge < -0.3 is 5.11 Å². The van der Waals surface area contributed by atoms with E-state index in [1.54, 1.807) is 23.0 Å². The lowest BCUT2D eigenvalue weighted by Crippen LogP contribution is -2.27. The van der Waals surface area contributed by atoms with Crippen LogP contribution in [0.2, 0.25) is 0 Å². The number of rotatable bonds is 3. The molecule has 6 nitrogen and oxygen atoms in total. The van der Waals surface area contributed by atoms with E-state index in [1.165, 1.54) is 0 Å². The van der Waals surface area contributed by atoms with Crippen molar-refractivity contribution >= 4 is 0 Å². The van der Waals surface area contributed by atoms with Crippen LogP contribution in [0.3, 0.4) is 0 Å². The number of hydrogen-bond donors (Lipinski definition) is 1. The highest BCUT2D eigenvalue weighted by Crippen LogP contribution is 2.34. The minimum absolute atomic E-state index is 0.160. The average Bonchev–Trinajstić information content (AvgIpc) is 3.17. The van der Waals surface area contributed by atoms with E-state index in [-0.39, 0.29) is 11.8 Å². The first-order valence-corrected chi connectivity index (χ1v) is 8.25. The molecule has 25 heavy (non-hydrogen) atoms. The molecule has 3 aromatic rings. The van der Waals surface area contributed by atoms with Crippen LogP contribution in [0.1, 0.15) is 18.2 Å². The Morgan fingerprint density at radius 1 is 1.08 bits per heavy atom. The molecule has 1 aliphatic heterocycles. The van der Waals surface area contributed by atoms with Gasteiger partial charge in [0.1, 0.15) is 5.75 Å². The quantitative estimate of drug-likeness (QED) is 0.747. The molecule has 6 heteroatoms. The summed E-state index contributed by atoms with van der Waals surface area (Å²) in [6, 6.07) is 11.3. The highest BCUT2D eigenvalue weighted by atomic mass is 16.3. The number of benzene rings is 1. The molecule has 0 saturated carbocycles. The Bertz CT molecular complexity index is 887. The fourth-order valence-corrected chi connectivity index (χ4v) is 3.17. The van der Waals surface area contributed by atoms with E-state index in [1.807, 2.05) is 30.5 Å². The van der Waals surface area contributed by atoms with Crippen molar-refractivity contribution < 1.29 is 5.11 Å². The molecule has 0 amide bonds. The summed E-state index contributed by atoms with van der Waals surface area (Å²) >= 11 is 0. The zero-order valence-electron chi connectivity index (χ0n) is 13.9. The third-order valence-corrected chi connectivity index (χ3v) is 4.51. The van der Waals surface area contributed by atoms with Gasteiger partial charge in [0.25, 0.3) is 0 Å². The van der Waals surface area contributed by atoms with Crippen LogP contribution in [0.25, 0.3) is 16.9 Å². The number of aromatic hydroxyl groups is 1. The van der Waals surface area contributed by atoms with Gasteiger partial charge in [-0.1, -0.05) is 18.2 Å². The van der Waals surface area contributed by atoms with Gasteiger partial charge in [-0.05, 0) is 43.8 Å². The molecule has 0 fully saturated rings. The van der Waals surface area contributed by atoms with Gasteiger partial charge in [-0.25, -0.2) is 4.68 Å². The number of phenolic OH excluding ortho intramolecular Hbond substituents is 1. The summed E-state index contributed by atoms with van der Waals surface area (Å²) in [4.78, 5) is 2.25.